The number of hydrogen-bond acceptors (Lipinski definition) is 7. The summed E-state index contributed by atoms with van der Waals surface area (Å²) in [5.41, 5.74) is 7.49. The van der Waals surface area contributed by atoms with Crippen LogP contribution in [0.1, 0.15) is 16.9 Å². The lowest BCUT2D eigenvalue weighted by Crippen LogP contribution is -2.48. The highest BCUT2D eigenvalue weighted by molar-refractivity contribution is 7.14. The van der Waals surface area contributed by atoms with E-state index in [0.29, 0.717) is 18.7 Å². The van der Waals surface area contributed by atoms with Gasteiger partial charge in [0.25, 0.3) is 5.91 Å². The van der Waals surface area contributed by atoms with E-state index in [1.54, 1.807) is 16.7 Å². The first-order chi connectivity index (χ1) is 14.7. The van der Waals surface area contributed by atoms with Gasteiger partial charge in [-0.2, -0.15) is 11.3 Å². The highest BCUT2D eigenvalue weighted by Crippen LogP contribution is 2.25. The largest absolute Gasteiger partial charge is 0.369 e. The van der Waals surface area contributed by atoms with E-state index >= 15 is 0 Å². The molecule has 2 N–H and O–H groups in total. The molecule has 1 saturated heterocycles. The third-order valence-corrected chi connectivity index (χ3v) is 6.54. The van der Waals surface area contributed by atoms with Gasteiger partial charge in [-0.25, -0.2) is 4.98 Å². The van der Waals surface area contributed by atoms with E-state index in [4.69, 9.17) is 0 Å². The van der Waals surface area contributed by atoms with Crippen molar-refractivity contribution in [2.24, 2.45) is 0 Å². The van der Waals surface area contributed by atoms with E-state index in [0.717, 1.165) is 36.8 Å². The number of hydrogen-bond donors (Lipinski definition) is 2. The fourth-order valence-electron chi connectivity index (χ4n) is 3.28. The molecule has 9 heteroatoms. The molecule has 0 saturated carbocycles. The van der Waals surface area contributed by atoms with Crippen LogP contribution in [0.4, 0.5) is 5.69 Å². The lowest BCUT2D eigenvalue weighted by molar-refractivity contribution is -0.122. The van der Waals surface area contributed by atoms with E-state index < -0.39 is 5.91 Å². The summed E-state index contributed by atoms with van der Waals surface area (Å²) in [4.78, 5) is 33.3. The molecule has 0 radical (unpaired) electrons. The fourth-order valence-corrected chi connectivity index (χ4v) is 4.79. The molecule has 30 heavy (non-hydrogen) atoms. The molecule has 1 aromatic carbocycles. The lowest BCUT2D eigenvalue weighted by atomic mass is 10.2. The summed E-state index contributed by atoms with van der Waals surface area (Å²) in [6, 6.07) is 12.3. The number of benzene rings is 1. The van der Waals surface area contributed by atoms with Crippen LogP contribution in [-0.4, -0.2) is 54.4 Å². The SMILES string of the molecule is O=C(CCN1CCN(c2ccccc2)CC1)NNC(=O)c1csc(-c2ccsc2)n1. The molecule has 4 rings (SSSR count). The molecule has 1 fully saturated rings. The van der Waals surface area contributed by atoms with E-state index in [1.165, 1.54) is 17.0 Å². The Morgan fingerprint density at radius 3 is 2.53 bits per heavy atom. The first-order valence-corrected chi connectivity index (χ1v) is 11.6. The molecule has 2 amide bonds. The zero-order valence-corrected chi connectivity index (χ0v) is 18.0. The monoisotopic (exact) mass is 441 g/mol. The first-order valence-electron chi connectivity index (χ1n) is 9.79. The molecule has 7 nitrogen and oxygen atoms in total. The molecular weight excluding hydrogens is 418 g/mol. The van der Waals surface area contributed by atoms with Crippen molar-refractivity contribution in [3.05, 3.63) is 58.2 Å². The zero-order chi connectivity index (χ0) is 20.8. The lowest BCUT2D eigenvalue weighted by Gasteiger charge is -2.36. The van der Waals surface area contributed by atoms with Gasteiger partial charge in [0, 0.05) is 61.2 Å². The number of aromatic nitrogens is 1. The number of piperazine rings is 1. The number of rotatable bonds is 6. The van der Waals surface area contributed by atoms with Crippen molar-refractivity contribution in [2.75, 3.05) is 37.6 Å². The number of carbonyl (C=O) groups is 2. The maximum Gasteiger partial charge on any atom is 0.289 e. The van der Waals surface area contributed by atoms with Crippen LogP contribution < -0.4 is 15.8 Å². The van der Waals surface area contributed by atoms with E-state index in [-0.39, 0.29) is 5.91 Å². The average molecular weight is 442 g/mol. The molecule has 0 aliphatic carbocycles. The van der Waals surface area contributed by atoms with E-state index in [2.05, 4.69) is 49.9 Å². The van der Waals surface area contributed by atoms with Gasteiger partial charge in [-0.1, -0.05) is 18.2 Å². The van der Waals surface area contributed by atoms with Gasteiger partial charge in [0.1, 0.15) is 10.7 Å². The third kappa shape index (κ3) is 5.24. The van der Waals surface area contributed by atoms with Gasteiger partial charge in [-0.15, -0.1) is 11.3 Å². The highest BCUT2D eigenvalue weighted by atomic mass is 32.1. The third-order valence-electron chi connectivity index (χ3n) is 4.97. The Kier molecular flexibility index (Phi) is 6.73. The van der Waals surface area contributed by atoms with Crippen LogP contribution in [0.2, 0.25) is 0 Å². The predicted molar refractivity (Wildman–Crippen MR) is 121 cm³/mol. The summed E-state index contributed by atoms with van der Waals surface area (Å²) in [5.74, 6) is -0.611. The van der Waals surface area contributed by atoms with Gasteiger partial charge in [-0.05, 0) is 23.6 Å². The summed E-state index contributed by atoms with van der Waals surface area (Å²) in [5, 5.41) is 6.45. The summed E-state index contributed by atoms with van der Waals surface area (Å²) in [6.45, 7) is 4.39. The summed E-state index contributed by atoms with van der Waals surface area (Å²) in [7, 11) is 0. The van der Waals surface area contributed by atoms with E-state index in [1.807, 2.05) is 22.9 Å². The molecule has 0 unspecified atom stereocenters. The fraction of sp³-hybridized carbons (Fsp3) is 0.286. The maximum atomic E-state index is 12.2. The molecule has 3 heterocycles. The second-order valence-corrected chi connectivity index (χ2v) is 8.60. The summed E-state index contributed by atoms with van der Waals surface area (Å²) >= 11 is 2.99. The molecule has 3 aromatic rings. The van der Waals surface area contributed by atoms with Gasteiger partial charge in [0.15, 0.2) is 0 Å². The van der Waals surface area contributed by atoms with Crippen LogP contribution in [0, 0.1) is 0 Å². The Morgan fingerprint density at radius 1 is 1.00 bits per heavy atom. The van der Waals surface area contributed by atoms with Crippen molar-refractivity contribution in [3.8, 4) is 10.6 Å². The number of hydrazine groups is 1. The number of carbonyl (C=O) groups excluding carboxylic acids is 2. The second-order valence-electron chi connectivity index (χ2n) is 6.97. The van der Waals surface area contributed by atoms with Crippen molar-refractivity contribution in [2.45, 2.75) is 6.42 Å². The minimum Gasteiger partial charge on any atom is -0.369 e. The molecule has 0 bridgehead atoms. The minimum atomic E-state index is -0.405. The first kappa shape index (κ1) is 20.5. The standard InChI is InChI=1S/C21H23N5O2S2/c27-19(6-8-25-9-11-26(12-10-25)17-4-2-1-3-5-17)23-24-20(28)18-15-30-21(22-18)16-7-13-29-14-16/h1-5,7,13-15H,6,8-12H2,(H,23,27)(H,24,28). The van der Waals surface area contributed by atoms with Crippen molar-refractivity contribution in [1.29, 1.82) is 0 Å². The van der Waals surface area contributed by atoms with Crippen molar-refractivity contribution in [3.63, 3.8) is 0 Å². The molecule has 1 aliphatic rings. The Labute approximate surface area is 183 Å². The van der Waals surface area contributed by atoms with Crippen LogP contribution in [0.5, 0.6) is 0 Å². The molecule has 0 atom stereocenters. The molecule has 156 valence electrons. The van der Waals surface area contributed by atoms with Crippen LogP contribution >= 0.6 is 22.7 Å². The number of amides is 2. The van der Waals surface area contributed by atoms with Gasteiger partial charge >= 0.3 is 0 Å². The Bertz CT molecular complexity index is 966. The van der Waals surface area contributed by atoms with Crippen LogP contribution in [0.3, 0.4) is 0 Å². The minimum absolute atomic E-state index is 0.206. The van der Waals surface area contributed by atoms with Crippen LogP contribution in [0.25, 0.3) is 10.6 Å². The Morgan fingerprint density at radius 2 is 1.80 bits per heavy atom. The topological polar surface area (TPSA) is 77.6 Å². The summed E-state index contributed by atoms with van der Waals surface area (Å²) in [6.07, 6.45) is 0.336. The molecule has 0 spiro atoms. The van der Waals surface area contributed by atoms with Crippen molar-refractivity contribution in [1.82, 2.24) is 20.7 Å². The maximum absolute atomic E-state index is 12.2. The van der Waals surface area contributed by atoms with Crippen molar-refractivity contribution < 1.29 is 9.59 Å². The number of para-hydroxylation sites is 1. The Balaban J connectivity index is 1.16. The molecule has 1 aliphatic heterocycles. The van der Waals surface area contributed by atoms with Gasteiger partial charge < -0.3 is 4.90 Å². The zero-order valence-electron chi connectivity index (χ0n) is 16.4. The van der Waals surface area contributed by atoms with Gasteiger partial charge in [0.05, 0.1) is 0 Å². The summed E-state index contributed by atoms with van der Waals surface area (Å²) < 4.78 is 0. The van der Waals surface area contributed by atoms with E-state index in [9.17, 15) is 9.59 Å². The van der Waals surface area contributed by atoms with Crippen LogP contribution in [0.15, 0.2) is 52.5 Å². The molecular formula is C21H23N5O2S2. The number of thiazole rings is 1. The number of anilines is 1. The predicted octanol–water partition coefficient (Wildman–Crippen LogP) is 2.84. The number of thiophene rings is 1. The van der Waals surface area contributed by atoms with Gasteiger partial charge in [0.2, 0.25) is 5.91 Å². The van der Waals surface area contributed by atoms with Gasteiger partial charge in [-0.3, -0.25) is 25.3 Å². The normalized spacial score (nSPS) is 14.5. The molecule has 2 aromatic heterocycles. The number of nitrogens with one attached hydrogen (secondary N) is 2. The van der Waals surface area contributed by atoms with Crippen LogP contribution in [-0.2, 0) is 4.79 Å². The smallest absolute Gasteiger partial charge is 0.289 e. The Hall–Kier alpha value is -2.75. The average Bonchev–Trinajstić information content (AvgIpc) is 3.49. The highest BCUT2D eigenvalue weighted by Gasteiger charge is 2.18. The second kappa shape index (κ2) is 9.84. The number of nitrogens with zero attached hydrogens (tertiary/aromatic N) is 3. The van der Waals surface area contributed by atoms with Crippen molar-refractivity contribution >= 4 is 40.2 Å². The quantitative estimate of drug-likeness (QED) is 0.575.